The molecule has 1 N–H and O–H groups in total. The van der Waals surface area contributed by atoms with E-state index in [1.54, 1.807) is 0 Å². The fraction of sp³-hybridized carbons (Fsp3) is 1.00. The summed E-state index contributed by atoms with van der Waals surface area (Å²) in [5, 5.41) is 3.07. The topological polar surface area (TPSA) is 49.0 Å². The highest BCUT2D eigenvalue weighted by atomic mass is 17.0. The van der Waals surface area contributed by atoms with Gasteiger partial charge in [-0.25, -0.2) is 0 Å². The normalized spacial score (nSPS) is 50.4. The van der Waals surface area contributed by atoms with Crippen molar-refractivity contribution in [3.63, 3.8) is 0 Å². The highest BCUT2D eigenvalue weighted by molar-refractivity contribution is 6.40. The molecule has 4 fully saturated rings. The monoisotopic (exact) mass is 143 g/mol. The molecule has 4 rings (SSSR count). The Hall–Kier alpha value is -0.135. The zero-order chi connectivity index (χ0) is 6.60. The van der Waals surface area contributed by atoms with E-state index in [1.165, 1.54) is 0 Å². The van der Waals surface area contributed by atoms with E-state index < -0.39 is 13.3 Å². The Bertz CT molecular complexity index is 168. The Labute approximate surface area is 57.7 Å². The standard InChI is InChI=1S/C4H6BNO4/c1-2-7-4-3(6-1)8-5(9-4)10-4/h3,6H,1-2H2. The lowest BCUT2D eigenvalue weighted by Crippen LogP contribution is -2.61. The van der Waals surface area contributed by atoms with Crippen LogP contribution in [0.2, 0.25) is 0 Å². The predicted octanol–water partition coefficient (Wildman–Crippen LogP) is -1.35. The van der Waals surface area contributed by atoms with Crippen LogP contribution in [0.25, 0.3) is 0 Å². The van der Waals surface area contributed by atoms with E-state index in [4.69, 9.17) is 18.7 Å². The van der Waals surface area contributed by atoms with E-state index in [1.807, 2.05) is 0 Å². The number of ether oxygens (including phenoxy) is 1. The van der Waals surface area contributed by atoms with Crippen molar-refractivity contribution in [2.24, 2.45) is 0 Å². The molecule has 54 valence electrons. The van der Waals surface area contributed by atoms with E-state index >= 15 is 0 Å². The van der Waals surface area contributed by atoms with Gasteiger partial charge in [0.05, 0.1) is 6.61 Å². The lowest BCUT2D eigenvalue weighted by molar-refractivity contribution is -0.373. The number of nitrogens with one attached hydrogen (secondary N) is 1. The molecule has 4 aliphatic heterocycles. The summed E-state index contributed by atoms with van der Waals surface area (Å²) in [6.07, 6.45) is -0.230. The molecule has 4 heterocycles. The third-order valence-corrected chi connectivity index (χ3v) is 1.82. The van der Waals surface area contributed by atoms with Crippen LogP contribution in [0.3, 0.4) is 0 Å². The van der Waals surface area contributed by atoms with Crippen molar-refractivity contribution in [1.82, 2.24) is 5.32 Å². The number of hydrogen-bond donors (Lipinski definition) is 1. The molecule has 10 heavy (non-hydrogen) atoms. The SMILES string of the molecule is C1COC23OB(OC2N1)O3. The summed E-state index contributed by atoms with van der Waals surface area (Å²) in [5.74, 6) is -0.900. The molecule has 1 unspecified atom stereocenters. The number of morpholine rings is 1. The molecular formula is C4H6BNO4. The molecule has 1 spiro atoms. The Morgan fingerprint density at radius 3 is 3.20 bits per heavy atom. The summed E-state index contributed by atoms with van der Waals surface area (Å²) in [4.78, 5) is 0. The maximum absolute atomic E-state index is 5.22. The molecule has 0 aliphatic carbocycles. The van der Waals surface area contributed by atoms with Gasteiger partial charge in [0.2, 0.25) is 0 Å². The molecule has 0 amide bonds. The van der Waals surface area contributed by atoms with Crippen LogP contribution in [0.5, 0.6) is 0 Å². The molecule has 6 heteroatoms. The summed E-state index contributed by atoms with van der Waals surface area (Å²) < 4.78 is 20.6. The summed E-state index contributed by atoms with van der Waals surface area (Å²) in [7, 11) is -0.504. The predicted molar refractivity (Wildman–Crippen MR) is 29.5 cm³/mol. The third kappa shape index (κ3) is 0.477. The van der Waals surface area contributed by atoms with Crippen molar-refractivity contribution >= 4 is 7.32 Å². The number of hydrogen-bond acceptors (Lipinski definition) is 5. The Kier molecular flexibility index (Phi) is 0.849. The van der Waals surface area contributed by atoms with Crippen LogP contribution in [-0.4, -0.2) is 32.7 Å². The van der Waals surface area contributed by atoms with Gasteiger partial charge in [-0.15, -0.1) is 0 Å². The van der Waals surface area contributed by atoms with Crippen LogP contribution in [0.15, 0.2) is 0 Å². The summed E-state index contributed by atoms with van der Waals surface area (Å²) >= 11 is 0. The lowest BCUT2D eigenvalue weighted by atomic mass is 10.2. The first kappa shape index (κ1) is 5.51. The van der Waals surface area contributed by atoms with Gasteiger partial charge in [0.1, 0.15) is 0 Å². The Morgan fingerprint density at radius 2 is 2.40 bits per heavy atom. The van der Waals surface area contributed by atoms with Gasteiger partial charge < -0.3 is 18.7 Å². The van der Waals surface area contributed by atoms with Crippen molar-refractivity contribution in [2.45, 2.75) is 12.2 Å². The fourth-order valence-corrected chi connectivity index (χ4v) is 1.35. The maximum Gasteiger partial charge on any atom is 0.648 e. The van der Waals surface area contributed by atoms with E-state index in [-0.39, 0.29) is 6.23 Å². The minimum absolute atomic E-state index is 0.230. The van der Waals surface area contributed by atoms with Gasteiger partial charge in [-0.3, -0.25) is 5.32 Å². The molecule has 4 saturated heterocycles. The molecule has 4 aliphatic rings. The van der Waals surface area contributed by atoms with Crippen LogP contribution in [0.4, 0.5) is 0 Å². The second kappa shape index (κ2) is 1.54. The average Bonchev–Trinajstić information content (AvgIpc) is 2.37. The first-order valence-corrected chi connectivity index (χ1v) is 3.27. The second-order valence-electron chi connectivity index (χ2n) is 2.45. The van der Waals surface area contributed by atoms with Crippen LogP contribution in [-0.2, 0) is 18.7 Å². The number of rotatable bonds is 0. The Morgan fingerprint density at radius 1 is 1.50 bits per heavy atom. The molecule has 0 aromatic heterocycles. The lowest BCUT2D eigenvalue weighted by Gasteiger charge is -2.39. The van der Waals surface area contributed by atoms with Gasteiger partial charge in [-0.1, -0.05) is 0 Å². The first-order chi connectivity index (χ1) is 4.89. The van der Waals surface area contributed by atoms with E-state index in [0.717, 1.165) is 6.54 Å². The molecule has 1 atom stereocenters. The van der Waals surface area contributed by atoms with Gasteiger partial charge in [-0.05, 0) is 0 Å². The quantitative estimate of drug-likeness (QED) is 0.424. The molecule has 0 aromatic rings. The minimum atomic E-state index is -0.900. The molecule has 0 saturated carbocycles. The molecule has 0 radical (unpaired) electrons. The smallest absolute Gasteiger partial charge is 0.362 e. The van der Waals surface area contributed by atoms with Gasteiger partial charge in [0.25, 0.3) is 0 Å². The molecule has 2 bridgehead atoms. The van der Waals surface area contributed by atoms with Crippen LogP contribution >= 0.6 is 0 Å². The van der Waals surface area contributed by atoms with Gasteiger partial charge >= 0.3 is 13.3 Å². The fourth-order valence-electron chi connectivity index (χ4n) is 1.35. The zero-order valence-corrected chi connectivity index (χ0v) is 5.20. The van der Waals surface area contributed by atoms with Gasteiger partial charge in [0.15, 0.2) is 6.23 Å². The largest absolute Gasteiger partial charge is 0.648 e. The average molecular weight is 143 g/mol. The van der Waals surface area contributed by atoms with Crippen LogP contribution in [0.1, 0.15) is 0 Å². The van der Waals surface area contributed by atoms with Gasteiger partial charge in [-0.2, -0.15) is 0 Å². The second-order valence-corrected chi connectivity index (χ2v) is 2.45. The maximum atomic E-state index is 5.22. The highest BCUT2D eigenvalue weighted by Gasteiger charge is 2.69. The summed E-state index contributed by atoms with van der Waals surface area (Å²) in [6, 6.07) is 0. The van der Waals surface area contributed by atoms with Crippen molar-refractivity contribution < 1.29 is 18.7 Å². The summed E-state index contributed by atoms with van der Waals surface area (Å²) in [5.41, 5.74) is 0. The molecule has 0 aromatic carbocycles. The van der Waals surface area contributed by atoms with Crippen LogP contribution in [0, 0.1) is 0 Å². The molecule has 5 nitrogen and oxygen atoms in total. The highest BCUT2D eigenvalue weighted by Crippen LogP contribution is 2.41. The van der Waals surface area contributed by atoms with Crippen molar-refractivity contribution in [2.75, 3.05) is 13.2 Å². The first-order valence-electron chi connectivity index (χ1n) is 3.27. The van der Waals surface area contributed by atoms with E-state index in [2.05, 4.69) is 5.32 Å². The summed E-state index contributed by atoms with van der Waals surface area (Å²) in [6.45, 7) is 1.39. The van der Waals surface area contributed by atoms with Crippen molar-refractivity contribution in [3.8, 4) is 0 Å². The van der Waals surface area contributed by atoms with Crippen molar-refractivity contribution in [1.29, 1.82) is 0 Å². The van der Waals surface area contributed by atoms with E-state index in [0.29, 0.717) is 6.61 Å². The minimum Gasteiger partial charge on any atom is -0.362 e. The van der Waals surface area contributed by atoms with Gasteiger partial charge in [0, 0.05) is 6.54 Å². The third-order valence-electron chi connectivity index (χ3n) is 1.82. The van der Waals surface area contributed by atoms with Crippen molar-refractivity contribution in [3.05, 3.63) is 0 Å². The van der Waals surface area contributed by atoms with E-state index in [9.17, 15) is 0 Å². The Balaban J connectivity index is 1.90. The molecular weight excluding hydrogens is 137 g/mol. The zero-order valence-electron chi connectivity index (χ0n) is 5.20. The van der Waals surface area contributed by atoms with Crippen LogP contribution < -0.4 is 5.32 Å².